The second-order valence-corrected chi connectivity index (χ2v) is 10.8. The summed E-state index contributed by atoms with van der Waals surface area (Å²) in [5, 5.41) is 0. The Morgan fingerprint density at radius 3 is 1.87 bits per heavy atom. The number of esters is 1. The molecular weight excluding hydrogens is 510 g/mol. The highest BCUT2D eigenvalue weighted by atomic mass is 19.4. The second-order valence-electron chi connectivity index (χ2n) is 10.8. The van der Waals surface area contributed by atoms with Crippen molar-refractivity contribution in [3.05, 3.63) is 35.1 Å². The number of nitrogens with zero attached hydrogens (tertiary/aromatic N) is 1. The first-order chi connectivity index (χ1) is 18.8. The molecule has 0 spiro atoms. The molecule has 8 heteroatoms. The number of likely N-dealkylation sites (tertiary alicyclic amines) is 1. The van der Waals surface area contributed by atoms with Crippen LogP contribution in [0.1, 0.15) is 138 Å². The minimum Gasteiger partial charge on any atom is -0.464 e. The fourth-order valence-electron chi connectivity index (χ4n) is 5.27. The molecule has 1 aromatic rings. The van der Waals surface area contributed by atoms with Gasteiger partial charge in [-0.15, -0.1) is 0 Å². The molecule has 4 nitrogen and oxygen atoms in total. The van der Waals surface area contributed by atoms with E-state index in [4.69, 9.17) is 4.74 Å². The first-order valence-electron chi connectivity index (χ1n) is 15.1. The third-order valence-electron chi connectivity index (χ3n) is 7.55. The zero-order valence-corrected chi connectivity index (χ0v) is 23.6. The Bertz CT molecular complexity index is 859. The molecule has 1 aromatic carbocycles. The molecule has 0 bridgehead atoms. The molecule has 1 saturated heterocycles. The zero-order chi connectivity index (χ0) is 28.5. The van der Waals surface area contributed by atoms with Crippen LogP contribution in [0.2, 0.25) is 0 Å². The number of carbonyl (C=O) groups excluding carboxylic acids is 2. The Morgan fingerprint density at radius 2 is 1.36 bits per heavy atom. The van der Waals surface area contributed by atoms with Gasteiger partial charge in [0.1, 0.15) is 11.9 Å². The topological polar surface area (TPSA) is 46.6 Å². The van der Waals surface area contributed by atoms with Crippen molar-refractivity contribution in [3.8, 4) is 0 Å². The molecule has 1 unspecified atom stereocenters. The number of amides is 1. The van der Waals surface area contributed by atoms with Crippen LogP contribution in [0.25, 0.3) is 0 Å². The number of alkyl halides is 3. The highest BCUT2D eigenvalue weighted by Crippen LogP contribution is 2.34. The van der Waals surface area contributed by atoms with Crippen molar-refractivity contribution >= 4 is 11.9 Å². The third-order valence-corrected chi connectivity index (χ3v) is 7.55. The summed E-state index contributed by atoms with van der Waals surface area (Å²) in [6, 6.07) is 0.877. The van der Waals surface area contributed by atoms with Crippen LogP contribution in [0.3, 0.4) is 0 Å². The van der Waals surface area contributed by atoms with Gasteiger partial charge in [-0.25, -0.2) is 9.18 Å². The molecule has 1 heterocycles. The van der Waals surface area contributed by atoms with Crippen LogP contribution < -0.4 is 0 Å². The SMILES string of the molecule is CCCCCCCCCCCCCCCCCCOC(=O)C1CCCN1C(=O)c1cc(F)ccc1C(F)(F)F. The molecule has 1 aliphatic heterocycles. The van der Waals surface area contributed by atoms with Crippen LogP contribution in [0.5, 0.6) is 0 Å². The van der Waals surface area contributed by atoms with Crippen LogP contribution in [0.4, 0.5) is 17.6 Å². The van der Waals surface area contributed by atoms with E-state index in [-0.39, 0.29) is 13.2 Å². The average Bonchev–Trinajstić information content (AvgIpc) is 3.39. The van der Waals surface area contributed by atoms with Crippen LogP contribution >= 0.6 is 0 Å². The summed E-state index contributed by atoms with van der Waals surface area (Å²) in [5.41, 5.74) is -1.99. The van der Waals surface area contributed by atoms with Crippen LogP contribution in [0.15, 0.2) is 18.2 Å². The maximum Gasteiger partial charge on any atom is 0.417 e. The molecule has 39 heavy (non-hydrogen) atoms. The van der Waals surface area contributed by atoms with Crippen molar-refractivity contribution in [2.24, 2.45) is 0 Å². The van der Waals surface area contributed by atoms with E-state index in [0.29, 0.717) is 37.5 Å². The molecule has 2 rings (SSSR count). The van der Waals surface area contributed by atoms with Crippen LogP contribution in [-0.4, -0.2) is 36.0 Å². The number of hydrogen-bond acceptors (Lipinski definition) is 3. The van der Waals surface area contributed by atoms with Crippen LogP contribution in [0, 0.1) is 5.82 Å². The van der Waals surface area contributed by atoms with Gasteiger partial charge >= 0.3 is 12.1 Å². The van der Waals surface area contributed by atoms with Gasteiger partial charge in [0.25, 0.3) is 5.91 Å². The van der Waals surface area contributed by atoms with Crippen molar-refractivity contribution in [2.45, 2.75) is 135 Å². The van der Waals surface area contributed by atoms with Gasteiger partial charge in [0.15, 0.2) is 0 Å². The number of hydrogen-bond donors (Lipinski definition) is 0. The molecule has 0 aliphatic carbocycles. The lowest BCUT2D eigenvalue weighted by atomic mass is 10.0. The summed E-state index contributed by atoms with van der Waals surface area (Å²) in [6.07, 6.45) is 15.9. The van der Waals surface area contributed by atoms with E-state index < -0.39 is 41.0 Å². The van der Waals surface area contributed by atoms with Crippen molar-refractivity contribution in [3.63, 3.8) is 0 Å². The van der Waals surface area contributed by atoms with E-state index in [2.05, 4.69) is 6.92 Å². The van der Waals surface area contributed by atoms with Gasteiger partial charge in [-0.1, -0.05) is 103 Å². The largest absolute Gasteiger partial charge is 0.464 e. The number of halogens is 4. The lowest BCUT2D eigenvalue weighted by molar-refractivity contribution is -0.148. The third kappa shape index (κ3) is 12.3. The number of unbranched alkanes of at least 4 members (excludes halogenated alkanes) is 15. The molecule has 0 radical (unpaired) electrons. The molecule has 0 aromatic heterocycles. The predicted molar refractivity (Wildman–Crippen MR) is 146 cm³/mol. The van der Waals surface area contributed by atoms with E-state index >= 15 is 0 Å². The van der Waals surface area contributed by atoms with E-state index in [0.717, 1.165) is 24.2 Å². The number of rotatable bonds is 19. The maximum absolute atomic E-state index is 13.7. The van der Waals surface area contributed by atoms with Crippen molar-refractivity contribution in [1.82, 2.24) is 4.90 Å². The first-order valence-corrected chi connectivity index (χ1v) is 15.1. The summed E-state index contributed by atoms with van der Waals surface area (Å²) < 4.78 is 59.1. The van der Waals surface area contributed by atoms with Crippen molar-refractivity contribution < 1.29 is 31.9 Å². The smallest absolute Gasteiger partial charge is 0.417 e. The highest BCUT2D eigenvalue weighted by Gasteiger charge is 2.40. The Morgan fingerprint density at radius 1 is 0.846 bits per heavy atom. The van der Waals surface area contributed by atoms with E-state index in [1.807, 2.05) is 0 Å². The van der Waals surface area contributed by atoms with Crippen molar-refractivity contribution in [1.29, 1.82) is 0 Å². The van der Waals surface area contributed by atoms with Crippen molar-refractivity contribution in [2.75, 3.05) is 13.2 Å². The Kier molecular flexibility index (Phi) is 15.5. The highest BCUT2D eigenvalue weighted by molar-refractivity contribution is 5.98. The lowest BCUT2D eigenvalue weighted by Crippen LogP contribution is -2.42. The number of ether oxygens (including phenoxy) is 1. The molecule has 1 amide bonds. The average molecular weight is 558 g/mol. The van der Waals surface area contributed by atoms with Gasteiger partial charge in [0.2, 0.25) is 0 Å². The quantitative estimate of drug-likeness (QED) is 0.0967. The molecule has 0 saturated carbocycles. The molecular formula is C31H47F4NO3. The summed E-state index contributed by atoms with van der Waals surface area (Å²) in [6.45, 7) is 2.60. The standard InChI is InChI=1S/C31H47F4NO3/c1-2-3-4-5-6-7-8-9-10-11-12-13-14-15-16-17-23-39-30(38)28-19-18-22-36(28)29(37)26-24-25(32)20-21-27(26)31(33,34)35/h20-21,24,28H,2-19,22-23H2,1H3. The van der Waals surface area contributed by atoms with E-state index in [9.17, 15) is 27.2 Å². The lowest BCUT2D eigenvalue weighted by Gasteiger charge is -2.24. The van der Waals surface area contributed by atoms with Gasteiger partial charge in [-0.2, -0.15) is 13.2 Å². The molecule has 222 valence electrons. The Balaban J connectivity index is 1.57. The summed E-state index contributed by atoms with van der Waals surface area (Å²) >= 11 is 0. The fourth-order valence-corrected chi connectivity index (χ4v) is 5.27. The van der Waals surface area contributed by atoms with Gasteiger partial charge < -0.3 is 9.64 Å². The Hall–Kier alpha value is -2.12. The summed E-state index contributed by atoms with van der Waals surface area (Å²) in [7, 11) is 0. The minimum atomic E-state index is -4.80. The van der Waals surface area contributed by atoms with E-state index in [1.165, 1.54) is 77.0 Å². The van der Waals surface area contributed by atoms with Gasteiger partial charge in [-0.05, 0) is 37.5 Å². The zero-order valence-electron chi connectivity index (χ0n) is 23.6. The normalized spacial score (nSPS) is 15.6. The summed E-state index contributed by atoms with van der Waals surface area (Å²) in [4.78, 5) is 26.5. The maximum atomic E-state index is 13.7. The molecule has 1 aliphatic rings. The van der Waals surface area contributed by atoms with Gasteiger partial charge in [0, 0.05) is 6.54 Å². The first kappa shape index (κ1) is 33.1. The predicted octanol–water partition coefficient (Wildman–Crippen LogP) is 9.25. The minimum absolute atomic E-state index is 0.130. The van der Waals surface area contributed by atoms with Gasteiger partial charge in [-0.3, -0.25) is 4.79 Å². The van der Waals surface area contributed by atoms with Crippen LogP contribution in [-0.2, 0) is 15.7 Å². The van der Waals surface area contributed by atoms with E-state index in [1.54, 1.807) is 0 Å². The second kappa shape index (κ2) is 18.3. The monoisotopic (exact) mass is 557 g/mol. The number of benzene rings is 1. The van der Waals surface area contributed by atoms with Gasteiger partial charge in [0.05, 0.1) is 17.7 Å². The molecule has 0 N–H and O–H groups in total. The number of carbonyl (C=O) groups is 2. The fraction of sp³-hybridized carbons (Fsp3) is 0.742. The Labute approximate surface area is 231 Å². The molecule has 1 fully saturated rings. The molecule has 1 atom stereocenters. The summed E-state index contributed by atoms with van der Waals surface area (Å²) in [5.74, 6) is -2.54.